The van der Waals surface area contributed by atoms with Gasteiger partial charge in [0.2, 0.25) is 0 Å². The van der Waals surface area contributed by atoms with Crippen molar-refractivity contribution in [2.24, 2.45) is 0 Å². The Morgan fingerprint density at radius 3 is 2.63 bits per heavy atom. The summed E-state index contributed by atoms with van der Waals surface area (Å²) in [6.07, 6.45) is 4.52. The summed E-state index contributed by atoms with van der Waals surface area (Å²) in [7, 11) is 0. The number of allylic oxidation sites excluding steroid dienone is 1. The molecule has 0 spiro atoms. The molecule has 0 amide bonds. The van der Waals surface area contributed by atoms with Crippen LogP contribution in [0, 0.1) is 13.8 Å². The molecule has 0 N–H and O–H groups in total. The monoisotopic (exact) mass is 312 g/mol. The first-order chi connectivity index (χ1) is 9.09. The molecule has 96 valence electrons. The first kappa shape index (κ1) is 12.7. The molecule has 0 nitrogen and oxygen atoms in total. The first-order valence-corrected chi connectivity index (χ1v) is 7.46. The maximum Gasteiger partial charge on any atom is 0.0257 e. The second kappa shape index (κ2) is 4.64. The van der Waals surface area contributed by atoms with Gasteiger partial charge in [0.25, 0.3) is 0 Å². The van der Waals surface area contributed by atoms with E-state index >= 15 is 0 Å². The van der Waals surface area contributed by atoms with Gasteiger partial charge < -0.3 is 0 Å². The zero-order valence-electron chi connectivity index (χ0n) is 11.5. The van der Waals surface area contributed by atoms with Crippen LogP contribution in [0.15, 0.2) is 40.9 Å². The van der Waals surface area contributed by atoms with E-state index in [4.69, 9.17) is 0 Å². The van der Waals surface area contributed by atoms with Gasteiger partial charge in [-0.3, -0.25) is 0 Å². The standard InChI is InChI=1S/C18H17Br/c1-11-5-4-6-15(13(11)3)18-16(19)10-9-14-8-7-12(2)17(14)18/h4-10,12H,1-3H3. The maximum absolute atomic E-state index is 3.75. The highest BCUT2D eigenvalue weighted by atomic mass is 79.9. The lowest BCUT2D eigenvalue weighted by molar-refractivity contribution is 0.990. The van der Waals surface area contributed by atoms with Crippen LogP contribution in [-0.2, 0) is 0 Å². The number of aryl methyl sites for hydroxylation is 1. The van der Waals surface area contributed by atoms with Gasteiger partial charge in [-0.15, -0.1) is 0 Å². The summed E-state index contributed by atoms with van der Waals surface area (Å²) in [4.78, 5) is 0. The lowest BCUT2D eigenvalue weighted by atomic mass is 9.88. The van der Waals surface area contributed by atoms with Gasteiger partial charge >= 0.3 is 0 Å². The van der Waals surface area contributed by atoms with Gasteiger partial charge in [-0.25, -0.2) is 0 Å². The molecule has 0 aliphatic heterocycles. The Morgan fingerprint density at radius 2 is 1.84 bits per heavy atom. The van der Waals surface area contributed by atoms with Crippen molar-refractivity contribution in [1.29, 1.82) is 0 Å². The van der Waals surface area contributed by atoms with Crippen LogP contribution in [-0.4, -0.2) is 0 Å². The molecule has 0 bridgehead atoms. The predicted octanol–water partition coefficient (Wildman–Crippen LogP) is 5.86. The quantitative estimate of drug-likeness (QED) is 0.618. The van der Waals surface area contributed by atoms with E-state index in [9.17, 15) is 0 Å². The minimum Gasteiger partial charge on any atom is -0.0766 e. The highest BCUT2D eigenvalue weighted by Crippen LogP contribution is 2.43. The molecule has 0 radical (unpaired) electrons. The van der Waals surface area contributed by atoms with Crippen molar-refractivity contribution >= 4 is 22.0 Å². The molecule has 1 heteroatoms. The molecular formula is C18H17Br. The van der Waals surface area contributed by atoms with Crippen LogP contribution in [0.1, 0.15) is 35.1 Å². The van der Waals surface area contributed by atoms with Crippen molar-refractivity contribution in [3.05, 3.63) is 63.1 Å². The minimum atomic E-state index is 0.488. The van der Waals surface area contributed by atoms with Crippen LogP contribution in [0.4, 0.5) is 0 Å². The zero-order valence-corrected chi connectivity index (χ0v) is 13.1. The lowest BCUT2D eigenvalue weighted by Crippen LogP contribution is -1.96. The Bertz CT molecular complexity index is 680. The molecule has 3 rings (SSSR count). The van der Waals surface area contributed by atoms with Gasteiger partial charge in [-0.1, -0.05) is 59.3 Å². The summed E-state index contributed by atoms with van der Waals surface area (Å²) < 4.78 is 1.19. The smallest absolute Gasteiger partial charge is 0.0257 e. The Morgan fingerprint density at radius 1 is 1.05 bits per heavy atom. The molecule has 2 aromatic rings. The molecule has 1 aliphatic carbocycles. The van der Waals surface area contributed by atoms with E-state index in [1.807, 2.05) is 0 Å². The highest BCUT2D eigenvalue weighted by Gasteiger charge is 2.21. The van der Waals surface area contributed by atoms with Crippen molar-refractivity contribution in [2.75, 3.05) is 0 Å². The summed E-state index contributed by atoms with van der Waals surface area (Å²) in [6, 6.07) is 10.9. The van der Waals surface area contributed by atoms with Crippen molar-refractivity contribution in [3.8, 4) is 11.1 Å². The van der Waals surface area contributed by atoms with Gasteiger partial charge in [0.1, 0.15) is 0 Å². The van der Waals surface area contributed by atoms with Crippen molar-refractivity contribution in [2.45, 2.75) is 26.7 Å². The van der Waals surface area contributed by atoms with E-state index in [1.165, 1.54) is 37.9 Å². The zero-order chi connectivity index (χ0) is 13.6. The maximum atomic E-state index is 3.75. The Kier molecular flexibility index (Phi) is 3.10. The summed E-state index contributed by atoms with van der Waals surface area (Å²) >= 11 is 3.75. The van der Waals surface area contributed by atoms with Gasteiger partial charge in [-0.05, 0) is 47.7 Å². The topological polar surface area (TPSA) is 0 Å². The summed E-state index contributed by atoms with van der Waals surface area (Å²) in [5.74, 6) is 0.488. The predicted molar refractivity (Wildman–Crippen MR) is 86.5 cm³/mol. The third-order valence-electron chi connectivity index (χ3n) is 4.12. The molecule has 1 atom stereocenters. The van der Waals surface area contributed by atoms with Crippen LogP contribution in [0.3, 0.4) is 0 Å². The summed E-state index contributed by atoms with van der Waals surface area (Å²) in [5.41, 5.74) is 8.22. The number of hydrogen-bond donors (Lipinski definition) is 0. The molecule has 0 heterocycles. The molecule has 0 fully saturated rings. The summed E-state index contributed by atoms with van der Waals surface area (Å²) in [5, 5.41) is 0. The fourth-order valence-electron chi connectivity index (χ4n) is 2.88. The second-order valence-electron chi connectivity index (χ2n) is 5.32. The molecule has 0 saturated heterocycles. The Hall–Kier alpha value is -1.34. The van der Waals surface area contributed by atoms with Crippen LogP contribution < -0.4 is 0 Å². The fourth-order valence-corrected chi connectivity index (χ4v) is 3.44. The van der Waals surface area contributed by atoms with E-state index in [0.29, 0.717) is 5.92 Å². The van der Waals surface area contributed by atoms with Crippen LogP contribution in [0.25, 0.3) is 17.2 Å². The van der Waals surface area contributed by atoms with Crippen LogP contribution in [0.5, 0.6) is 0 Å². The van der Waals surface area contributed by atoms with E-state index < -0.39 is 0 Å². The van der Waals surface area contributed by atoms with Crippen LogP contribution >= 0.6 is 15.9 Å². The largest absolute Gasteiger partial charge is 0.0766 e. The normalized spacial score (nSPS) is 16.7. The van der Waals surface area contributed by atoms with Crippen LogP contribution in [0.2, 0.25) is 0 Å². The summed E-state index contributed by atoms with van der Waals surface area (Å²) in [6.45, 7) is 6.66. The third-order valence-corrected chi connectivity index (χ3v) is 4.78. The van der Waals surface area contributed by atoms with E-state index in [1.54, 1.807) is 0 Å². The van der Waals surface area contributed by atoms with Crippen molar-refractivity contribution in [1.82, 2.24) is 0 Å². The average molecular weight is 313 g/mol. The van der Waals surface area contributed by atoms with E-state index in [-0.39, 0.29) is 0 Å². The van der Waals surface area contributed by atoms with Crippen molar-refractivity contribution in [3.63, 3.8) is 0 Å². The number of fused-ring (bicyclic) bond motifs is 1. The first-order valence-electron chi connectivity index (χ1n) is 6.67. The van der Waals surface area contributed by atoms with Gasteiger partial charge in [0, 0.05) is 16.0 Å². The van der Waals surface area contributed by atoms with Gasteiger partial charge in [0.05, 0.1) is 0 Å². The SMILES string of the molecule is Cc1cccc(-c2c(Br)ccc3c2C(C)C=C3)c1C. The number of benzene rings is 2. The lowest BCUT2D eigenvalue weighted by Gasteiger charge is -2.17. The highest BCUT2D eigenvalue weighted by molar-refractivity contribution is 9.10. The fraction of sp³-hybridized carbons (Fsp3) is 0.222. The number of hydrogen-bond acceptors (Lipinski definition) is 0. The van der Waals surface area contributed by atoms with Gasteiger partial charge in [-0.2, -0.15) is 0 Å². The second-order valence-corrected chi connectivity index (χ2v) is 6.17. The molecule has 0 saturated carbocycles. The van der Waals surface area contributed by atoms with E-state index in [2.05, 4.69) is 79.2 Å². The Balaban J connectivity index is 2.33. The molecular weight excluding hydrogens is 296 g/mol. The Labute approximate surface area is 123 Å². The molecule has 2 aromatic carbocycles. The average Bonchev–Trinajstić information content (AvgIpc) is 2.76. The minimum absolute atomic E-state index is 0.488. The number of rotatable bonds is 1. The third kappa shape index (κ3) is 1.97. The number of halogens is 1. The van der Waals surface area contributed by atoms with Crippen molar-refractivity contribution < 1.29 is 0 Å². The van der Waals surface area contributed by atoms with Gasteiger partial charge in [0.15, 0.2) is 0 Å². The molecule has 0 aromatic heterocycles. The molecule has 1 unspecified atom stereocenters. The van der Waals surface area contributed by atoms with E-state index in [0.717, 1.165) is 0 Å². The molecule has 1 aliphatic rings. The molecule has 19 heavy (non-hydrogen) atoms.